The van der Waals surface area contributed by atoms with E-state index in [-0.39, 0.29) is 11.7 Å². The summed E-state index contributed by atoms with van der Waals surface area (Å²) in [5.74, 6) is 0.791. The fourth-order valence-corrected chi connectivity index (χ4v) is 1.73. The summed E-state index contributed by atoms with van der Waals surface area (Å²) in [6.07, 6.45) is 2.98. The minimum Gasteiger partial charge on any atom is -0.494 e. The van der Waals surface area contributed by atoms with Crippen LogP contribution in [0.4, 0.5) is 0 Å². The highest BCUT2D eigenvalue weighted by atomic mass is 16.5. The summed E-state index contributed by atoms with van der Waals surface area (Å²) >= 11 is 0. The van der Waals surface area contributed by atoms with E-state index in [1.54, 1.807) is 18.2 Å². The number of hydrogen-bond donors (Lipinski definition) is 3. The second-order valence-corrected chi connectivity index (χ2v) is 4.68. The molecular formula is C15H23N3O3. The topological polar surface area (TPSA) is 96.9 Å². The molecule has 0 saturated carbocycles. The molecule has 0 aromatic heterocycles. The maximum atomic E-state index is 12.0. The number of hydrogen-bond acceptors (Lipinski definition) is 4. The molecule has 6 nitrogen and oxygen atoms in total. The molecule has 0 aliphatic rings. The van der Waals surface area contributed by atoms with Crippen LogP contribution < -0.4 is 15.8 Å². The van der Waals surface area contributed by atoms with Crippen LogP contribution in [0.3, 0.4) is 0 Å². The molecule has 4 N–H and O–H groups in total. The van der Waals surface area contributed by atoms with E-state index in [2.05, 4.69) is 10.5 Å². The minimum absolute atomic E-state index is 0.124. The molecule has 6 heteroatoms. The Morgan fingerprint density at radius 3 is 2.95 bits per heavy atom. The van der Waals surface area contributed by atoms with Gasteiger partial charge in [0.05, 0.1) is 6.61 Å². The highest BCUT2D eigenvalue weighted by Crippen LogP contribution is 2.13. The van der Waals surface area contributed by atoms with Gasteiger partial charge in [0.1, 0.15) is 11.6 Å². The van der Waals surface area contributed by atoms with Gasteiger partial charge in [-0.1, -0.05) is 18.1 Å². The van der Waals surface area contributed by atoms with Crippen molar-refractivity contribution in [2.75, 3.05) is 13.2 Å². The molecule has 0 aliphatic carbocycles. The normalized spacial score (nSPS) is 11.2. The van der Waals surface area contributed by atoms with Crippen molar-refractivity contribution in [3.05, 3.63) is 29.8 Å². The van der Waals surface area contributed by atoms with Gasteiger partial charge >= 0.3 is 0 Å². The zero-order chi connectivity index (χ0) is 15.5. The molecule has 0 unspecified atom stereocenters. The number of unbranched alkanes of at least 4 members (excludes halogenated alkanes) is 1. The first-order valence-corrected chi connectivity index (χ1v) is 7.14. The SMILES string of the molecule is CCCOc1cccc(C(=O)NCCCCC(N)=NO)c1. The molecule has 0 saturated heterocycles. The number of carbonyl (C=O) groups excluding carboxylic acids is 1. The van der Waals surface area contributed by atoms with Gasteiger partial charge in [0.25, 0.3) is 5.91 Å². The van der Waals surface area contributed by atoms with Crippen LogP contribution in [0.1, 0.15) is 43.0 Å². The Morgan fingerprint density at radius 2 is 2.24 bits per heavy atom. The zero-order valence-corrected chi connectivity index (χ0v) is 12.3. The van der Waals surface area contributed by atoms with Crippen LogP contribution in [0.15, 0.2) is 29.4 Å². The second-order valence-electron chi connectivity index (χ2n) is 4.68. The Balaban J connectivity index is 2.34. The van der Waals surface area contributed by atoms with Gasteiger partial charge in [0.15, 0.2) is 0 Å². The molecule has 21 heavy (non-hydrogen) atoms. The fourth-order valence-electron chi connectivity index (χ4n) is 1.73. The van der Waals surface area contributed by atoms with Gasteiger partial charge in [-0.3, -0.25) is 4.79 Å². The standard InChI is InChI=1S/C15H23N3O3/c1-2-10-21-13-7-5-6-12(11-13)15(19)17-9-4-3-8-14(16)18-20/h5-7,11,20H,2-4,8-10H2,1H3,(H2,16,18)(H,17,19). The van der Waals surface area contributed by atoms with Crippen molar-refractivity contribution >= 4 is 11.7 Å². The van der Waals surface area contributed by atoms with Crippen LogP contribution in [0.5, 0.6) is 5.75 Å². The molecule has 0 atom stereocenters. The molecule has 0 heterocycles. The molecule has 116 valence electrons. The number of nitrogens with zero attached hydrogens (tertiary/aromatic N) is 1. The summed E-state index contributed by atoms with van der Waals surface area (Å²) in [4.78, 5) is 12.0. The molecular weight excluding hydrogens is 270 g/mol. The zero-order valence-electron chi connectivity index (χ0n) is 12.3. The summed E-state index contributed by atoms with van der Waals surface area (Å²) in [6, 6.07) is 7.13. The third kappa shape index (κ3) is 6.65. The molecule has 1 amide bonds. The molecule has 1 rings (SSSR count). The van der Waals surface area contributed by atoms with E-state index in [1.807, 2.05) is 13.0 Å². The van der Waals surface area contributed by atoms with Gasteiger partial charge in [-0.25, -0.2) is 0 Å². The van der Waals surface area contributed by atoms with Crippen LogP contribution >= 0.6 is 0 Å². The van der Waals surface area contributed by atoms with Crippen LogP contribution in [0, 0.1) is 0 Å². The van der Waals surface area contributed by atoms with Crippen molar-refractivity contribution in [1.82, 2.24) is 5.32 Å². The van der Waals surface area contributed by atoms with Crippen LogP contribution in [-0.2, 0) is 0 Å². The number of amides is 1. The first-order chi connectivity index (χ1) is 10.2. The number of nitrogens with one attached hydrogen (secondary N) is 1. The fraction of sp³-hybridized carbons (Fsp3) is 0.467. The van der Waals surface area contributed by atoms with Gasteiger partial charge in [-0.15, -0.1) is 0 Å². The van der Waals surface area contributed by atoms with E-state index >= 15 is 0 Å². The lowest BCUT2D eigenvalue weighted by Gasteiger charge is -2.08. The second kappa shape index (κ2) is 9.63. The van der Waals surface area contributed by atoms with E-state index in [4.69, 9.17) is 15.7 Å². The lowest BCUT2D eigenvalue weighted by molar-refractivity contribution is 0.0952. The highest BCUT2D eigenvalue weighted by molar-refractivity contribution is 5.94. The number of carbonyl (C=O) groups is 1. The van der Waals surface area contributed by atoms with Crippen molar-refractivity contribution in [3.8, 4) is 5.75 Å². The Kier molecular flexibility index (Phi) is 7.71. The molecule has 0 fully saturated rings. The van der Waals surface area contributed by atoms with Gasteiger partial charge < -0.3 is 21.0 Å². The Hall–Kier alpha value is -2.24. The van der Waals surface area contributed by atoms with Crippen molar-refractivity contribution in [2.24, 2.45) is 10.9 Å². The summed E-state index contributed by atoms with van der Waals surface area (Å²) < 4.78 is 5.50. The number of ether oxygens (including phenoxy) is 1. The van der Waals surface area contributed by atoms with Crippen molar-refractivity contribution < 1.29 is 14.7 Å². The summed E-state index contributed by atoms with van der Waals surface area (Å²) in [7, 11) is 0. The molecule has 0 radical (unpaired) electrons. The molecule has 0 bridgehead atoms. The van der Waals surface area contributed by atoms with E-state index in [9.17, 15) is 4.79 Å². The van der Waals surface area contributed by atoms with Gasteiger partial charge in [-0.2, -0.15) is 0 Å². The van der Waals surface area contributed by atoms with E-state index in [0.29, 0.717) is 30.9 Å². The minimum atomic E-state index is -0.124. The van der Waals surface area contributed by atoms with Crippen molar-refractivity contribution in [2.45, 2.75) is 32.6 Å². The summed E-state index contributed by atoms with van der Waals surface area (Å²) in [5, 5.41) is 14.1. The quantitative estimate of drug-likeness (QED) is 0.213. The average Bonchev–Trinajstić information content (AvgIpc) is 2.52. The number of benzene rings is 1. The highest BCUT2D eigenvalue weighted by Gasteiger charge is 2.06. The molecule has 0 spiro atoms. The Morgan fingerprint density at radius 1 is 1.43 bits per heavy atom. The smallest absolute Gasteiger partial charge is 0.251 e. The maximum Gasteiger partial charge on any atom is 0.251 e. The number of nitrogens with two attached hydrogens (primary N) is 1. The summed E-state index contributed by atoms with van der Waals surface area (Å²) in [5.41, 5.74) is 5.94. The van der Waals surface area contributed by atoms with E-state index in [1.165, 1.54) is 0 Å². The molecule has 1 aromatic carbocycles. The largest absolute Gasteiger partial charge is 0.494 e. The molecule has 0 aliphatic heterocycles. The van der Waals surface area contributed by atoms with Crippen LogP contribution in [0.2, 0.25) is 0 Å². The third-order valence-corrected chi connectivity index (χ3v) is 2.84. The van der Waals surface area contributed by atoms with Gasteiger partial charge in [-0.05, 0) is 37.5 Å². The Bertz CT molecular complexity index is 475. The number of amidine groups is 1. The first-order valence-electron chi connectivity index (χ1n) is 7.14. The van der Waals surface area contributed by atoms with Gasteiger partial charge in [0.2, 0.25) is 0 Å². The van der Waals surface area contributed by atoms with Gasteiger partial charge in [0, 0.05) is 18.5 Å². The third-order valence-electron chi connectivity index (χ3n) is 2.84. The molecule has 1 aromatic rings. The van der Waals surface area contributed by atoms with Crippen molar-refractivity contribution in [3.63, 3.8) is 0 Å². The monoisotopic (exact) mass is 293 g/mol. The lowest BCUT2D eigenvalue weighted by atomic mass is 10.2. The van der Waals surface area contributed by atoms with Crippen molar-refractivity contribution in [1.29, 1.82) is 0 Å². The number of oxime groups is 1. The Labute approximate surface area is 125 Å². The predicted octanol–water partition coefficient (Wildman–Crippen LogP) is 2.12. The number of rotatable bonds is 9. The maximum absolute atomic E-state index is 12.0. The summed E-state index contributed by atoms with van der Waals surface area (Å²) in [6.45, 7) is 3.22. The van der Waals surface area contributed by atoms with E-state index < -0.39 is 0 Å². The average molecular weight is 293 g/mol. The van der Waals surface area contributed by atoms with E-state index in [0.717, 1.165) is 19.3 Å². The lowest BCUT2D eigenvalue weighted by Crippen LogP contribution is -2.24. The van der Waals surface area contributed by atoms with Crippen LogP contribution in [-0.4, -0.2) is 30.1 Å². The first kappa shape index (κ1) is 16.8. The van der Waals surface area contributed by atoms with Crippen LogP contribution in [0.25, 0.3) is 0 Å². The predicted molar refractivity (Wildman–Crippen MR) is 81.8 cm³/mol.